The van der Waals surface area contributed by atoms with E-state index in [0.29, 0.717) is 23.7 Å². The van der Waals surface area contributed by atoms with Gasteiger partial charge in [0.1, 0.15) is 5.75 Å². The number of hydrogen-bond donors (Lipinski definition) is 0. The molecule has 0 fully saturated rings. The summed E-state index contributed by atoms with van der Waals surface area (Å²) in [7, 11) is 0. The van der Waals surface area contributed by atoms with Gasteiger partial charge in [-0.2, -0.15) is 8.78 Å². The molecule has 17 heavy (non-hydrogen) atoms. The van der Waals surface area contributed by atoms with E-state index in [4.69, 9.17) is 0 Å². The van der Waals surface area contributed by atoms with Gasteiger partial charge in [-0.1, -0.05) is 15.9 Å². The Kier molecular flexibility index (Phi) is 5.27. The van der Waals surface area contributed by atoms with Gasteiger partial charge < -0.3 is 4.74 Å². The van der Waals surface area contributed by atoms with E-state index >= 15 is 0 Å². The summed E-state index contributed by atoms with van der Waals surface area (Å²) in [5, 5.41) is 11.3. The Morgan fingerprint density at radius 1 is 1.47 bits per heavy atom. The molecule has 0 aliphatic heterocycles. The molecule has 94 valence electrons. The monoisotopic (exact) mass is 309 g/mol. The quantitative estimate of drug-likeness (QED) is 0.459. The van der Waals surface area contributed by atoms with Gasteiger partial charge in [0.15, 0.2) is 0 Å². The van der Waals surface area contributed by atoms with E-state index < -0.39 is 11.5 Å². The van der Waals surface area contributed by atoms with Gasteiger partial charge in [0.2, 0.25) is 0 Å². The first kappa shape index (κ1) is 13.8. The zero-order valence-electron chi connectivity index (χ0n) is 8.74. The summed E-state index contributed by atoms with van der Waals surface area (Å²) >= 11 is 3.21. The van der Waals surface area contributed by atoms with Crippen molar-refractivity contribution in [3.63, 3.8) is 0 Å². The van der Waals surface area contributed by atoms with E-state index in [1.54, 1.807) is 0 Å². The van der Waals surface area contributed by atoms with Crippen molar-refractivity contribution in [2.24, 2.45) is 0 Å². The molecule has 0 N–H and O–H groups in total. The fraction of sp³-hybridized carbons (Fsp3) is 0.400. The number of ether oxygens (including phenoxy) is 1. The first-order chi connectivity index (χ1) is 8.04. The zero-order valence-corrected chi connectivity index (χ0v) is 10.3. The van der Waals surface area contributed by atoms with Gasteiger partial charge in [0.25, 0.3) is 5.69 Å². The molecule has 0 spiro atoms. The number of nitrogens with zero attached hydrogens (tertiary/aromatic N) is 1. The first-order valence-electron chi connectivity index (χ1n) is 4.82. The maximum Gasteiger partial charge on any atom is 0.387 e. The number of aryl methyl sites for hydroxylation is 1. The number of nitro benzene ring substituents is 1. The van der Waals surface area contributed by atoms with Crippen molar-refractivity contribution in [2.75, 3.05) is 5.33 Å². The predicted octanol–water partition coefficient (Wildman–Crippen LogP) is 3.52. The number of halogens is 3. The number of nitro groups is 1. The molecule has 0 amide bonds. The lowest BCUT2D eigenvalue weighted by atomic mass is 10.1. The van der Waals surface area contributed by atoms with E-state index in [1.165, 1.54) is 12.1 Å². The van der Waals surface area contributed by atoms with Gasteiger partial charge in [-0.15, -0.1) is 0 Å². The van der Waals surface area contributed by atoms with Crippen LogP contribution < -0.4 is 4.74 Å². The molecule has 1 aromatic rings. The SMILES string of the molecule is O=[N+]([O-])c1ccc(OC(F)F)c(CCCBr)c1. The largest absolute Gasteiger partial charge is 0.435 e. The van der Waals surface area contributed by atoms with Crippen molar-refractivity contribution < 1.29 is 18.4 Å². The van der Waals surface area contributed by atoms with Crippen LogP contribution in [-0.2, 0) is 6.42 Å². The second-order valence-electron chi connectivity index (χ2n) is 3.22. The van der Waals surface area contributed by atoms with E-state index in [-0.39, 0.29) is 11.4 Å². The standard InChI is InChI=1S/C10H10BrF2NO3/c11-5-1-2-7-6-8(14(15)16)3-4-9(7)17-10(12)13/h3-4,6,10H,1-2,5H2. The van der Waals surface area contributed by atoms with Gasteiger partial charge >= 0.3 is 6.61 Å². The van der Waals surface area contributed by atoms with Crippen LogP contribution in [0.2, 0.25) is 0 Å². The second-order valence-corrected chi connectivity index (χ2v) is 4.01. The number of benzene rings is 1. The van der Waals surface area contributed by atoms with Crippen molar-refractivity contribution >= 4 is 21.6 Å². The molecule has 1 rings (SSSR count). The molecule has 0 atom stereocenters. The molecule has 4 nitrogen and oxygen atoms in total. The van der Waals surface area contributed by atoms with Crippen LogP contribution in [-0.4, -0.2) is 16.9 Å². The highest BCUT2D eigenvalue weighted by Crippen LogP contribution is 2.26. The summed E-state index contributed by atoms with van der Waals surface area (Å²) < 4.78 is 28.5. The molecule has 1 aromatic carbocycles. The minimum atomic E-state index is -2.93. The van der Waals surface area contributed by atoms with E-state index in [1.807, 2.05) is 0 Å². The van der Waals surface area contributed by atoms with Crippen molar-refractivity contribution in [3.8, 4) is 5.75 Å². The minimum Gasteiger partial charge on any atom is -0.435 e. The molecular weight excluding hydrogens is 300 g/mol. The van der Waals surface area contributed by atoms with Gasteiger partial charge in [-0.05, 0) is 18.9 Å². The third-order valence-electron chi connectivity index (χ3n) is 2.05. The smallest absolute Gasteiger partial charge is 0.387 e. The lowest BCUT2D eigenvalue weighted by Gasteiger charge is -2.09. The number of hydrogen-bond acceptors (Lipinski definition) is 3. The first-order valence-corrected chi connectivity index (χ1v) is 5.95. The minimum absolute atomic E-state index is 0.00782. The molecule has 7 heteroatoms. The van der Waals surface area contributed by atoms with E-state index in [9.17, 15) is 18.9 Å². The highest BCUT2D eigenvalue weighted by molar-refractivity contribution is 9.09. The van der Waals surface area contributed by atoms with E-state index in [0.717, 1.165) is 6.07 Å². The zero-order chi connectivity index (χ0) is 12.8. The van der Waals surface area contributed by atoms with Gasteiger partial charge in [0, 0.05) is 23.0 Å². The average Bonchev–Trinajstić information content (AvgIpc) is 2.26. The Morgan fingerprint density at radius 3 is 2.71 bits per heavy atom. The summed E-state index contributed by atoms with van der Waals surface area (Å²) in [6, 6.07) is 3.61. The Bertz CT molecular complexity index is 401. The lowest BCUT2D eigenvalue weighted by molar-refractivity contribution is -0.385. The molecule has 0 aliphatic carbocycles. The van der Waals surface area contributed by atoms with Crippen molar-refractivity contribution in [3.05, 3.63) is 33.9 Å². The Balaban J connectivity index is 2.98. The normalized spacial score (nSPS) is 10.6. The average molecular weight is 310 g/mol. The molecule has 0 saturated heterocycles. The van der Waals surface area contributed by atoms with Crippen LogP contribution in [0, 0.1) is 10.1 Å². The predicted molar refractivity (Wildman–Crippen MR) is 61.8 cm³/mol. The molecular formula is C10H10BrF2NO3. The van der Waals surface area contributed by atoms with Crippen LogP contribution in [0.1, 0.15) is 12.0 Å². The fourth-order valence-electron chi connectivity index (χ4n) is 1.34. The molecule has 0 heterocycles. The Labute approximate surface area is 105 Å². The molecule has 0 bridgehead atoms. The summed E-state index contributed by atoms with van der Waals surface area (Å²) in [4.78, 5) is 10.0. The van der Waals surface area contributed by atoms with Crippen LogP contribution in [0.15, 0.2) is 18.2 Å². The number of alkyl halides is 3. The van der Waals surface area contributed by atoms with Crippen molar-refractivity contribution in [1.82, 2.24) is 0 Å². The number of rotatable bonds is 6. The van der Waals surface area contributed by atoms with Gasteiger partial charge in [-0.3, -0.25) is 10.1 Å². The van der Waals surface area contributed by atoms with Crippen LogP contribution in [0.3, 0.4) is 0 Å². The summed E-state index contributed by atoms with van der Waals surface area (Å²) in [5.74, 6) is -0.00782. The third kappa shape index (κ3) is 4.26. The van der Waals surface area contributed by atoms with E-state index in [2.05, 4.69) is 20.7 Å². The lowest BCUT2D eigenvalue weighted by Crippen LogP contribution is -2.05. The third-order valence-corrected chi connectivity index (χ3v) is 2.61. The highest BCUT2D eigenvalue weighted by atomic mass is 79.9. The summed E-state index contributed by atoms with van der Waals surface area (Å²) in [5.41, 5.74) is 0.287. The molecule has 0 saturated carbocycles. The Morgan fingerprint density at radius 2 is 2.18 bits per heavy atom. The van der Waals surface area contributed by atoms with Crippen LogP contribution in [0.4, 0.5) is 14.5 Å². The Hall–Kier alpha value is -1.24. The van der Waals surface area contributed by atoms with Crippen LogP contribution >= 0.6 is 15.9 Å². The molecule has 0 aromatic heterocycles. The fourth-order valence-corrected chi connectivity index (χ4v) is 1.62. The number of non-ortho nitro benzene ring substituents is 1. The molecule has 0 radical (unpaired) electrons. The second kappa shape index (κ2) is 6.48. The van der Waals surface area contributed by atoms with Gasteiger partial charge in [-0.25, -0.2) is 0 Å². The maximum atomic E-state index is 12.1. The maximum absolute atomic E-state index is 12.1. The van der Waals surface area contributed by atoms with Crippen molar-refractivity contribution in [2.45, 2.75) is 19.5 Å². The molecule has 0 aliphatic rings. The highest BCUT2D eigenvalue weighted by Gasteiger charge is 2.14. The van der Waals surface area contributed by atoms with Crippen LogP contribution in [0.5, 0.6) is 5.75 Å². The summed E-state index contributed by atoms with van der Waals surface area (Å²) in [6.07, 6.45) is 1.12. The summed E-state index contributed by atoms with van der Waals surface area (Å²) in [6.45, 7) is -2.93. The van der Waals surface area contributed by atoms with Crippen LogP contribution in [0.25, 0.3) is 0 Å². The molecule has 0 unspecified atom stereocenters. The van der Waals surface area contributed by atoms with Gasteiger partial charge in [0.05, 0.1) is 4.92 Å². The topological polar surface area (TPSA) is 52.4 Å². The van der Waals surface area contributed by atoms with Crippen molar-refractivity contribution in [1.29, 1.82) is 0 Å².